The van der Waals surface area contributed by atoms with Crippen LogP contribution in [0.2, 0.25) is 0 Å². The highest BCUT2D eigenvalue weighted by Crippen LogP contribution is 2.28. The van der Waals surface area contributed by atoms with Gasteiger partial charge in [-0.2, -0.15) is 5.26 Å². The monoisotopic (exact) mass is 407 g/mol. The number of benzene rings is 1. The number of amides is 1. The SMILES string of the molecule is Cc1cc(C(=O)O[C@H](C)C(=O)NC2(C#N)CCCCC2)c(C)n1Cc1ccccc1. The predicted molar refractivity (Wildman–Crippen MR) is 114 cm³/mol. The lowest BCUT2D eigenvalue weighted by atomic mass is 9.83. The summed E-state index contributed by atoms with van der Waals surface area (Å²) in [6, 6.07) is 14.1. The number of esters is 1. The maximum atomic E-state index is 12.8. The minimum atomic E-state index is -0.971. The largest absolute Gasteiger partial charge is 0.449 e. The smallest absolute Gasteiger partial charge is 0.340 e. The third kappa shape index (κ3) is 4.73. The first-order valence-corrected chi connectivity index (χ1v) is 10.5. The molecule has 1 saturated carbocycles. The average Bonchev–Trinajstić information content (AvgIpc) is 3.03. The zero-order valence-electron chi connectivity index (χ0n) is 17.9. The molecule has 0 spiro atoms. The van der Waals surface area contributed by atoms with Crippen molar-refractivity contribution in [3.05, 3.63) is 58.9 Å². The summed E-state index contributed by atoms with van der Waals surface area (Å²) in [5.74, 6) is -0.954. The van der Waals surface area contributed by atoms with Crippen LogP contribution < -0.4 is 5.32 Å². The minimum absolute atomic E-state index is 0.426. The molecule has 2 aromatic rings. The van der Waals surface area contributed by atoms with Crippen LogP contribution in [0, 0.1) is 25.2 Å². The van der Waals surface area contributed by atoms with Crippen molar-refractivity contribution in [2.24, 2.45) is 0 Å². The van der Waals surface area contributed by atoms with Gasteiger partial charge in [0, 0.05) is 17.9 Å². The molecule has 1 atom stereocenters. The molecule has 3 rings (SSSR count). The number of hydrogen-bond acceptors (Lipinski definition) is 4. The van der Waals surface area contributed by atoms with Crippen molar-refractivity contribution in [3.63, 3.8) is 0 Å². The Labute approximate surface area is 177 Å². The second-order valence-corrected chi connectivity index (χ2v) is 8.15. The molecular formula is C24H29N3O3. The van der Waals surface area contributed by atoms with Crippen molar-refractivity contribution in [1.29, 1.82) is 5.26 Å². The number of nitriles is 1. The fourth-order valence-electron chi connectivity index (χ4n) is 4.05. The van der Waals surface area contributed by atoms with Crippen LogP contribution in [0.15, 0.2) is 36.4 Å². The van der Waals surface area contributed by atoms with Gasteiger partial charge in [0.25, 0.3) is 5.91 Å². The van der Waals surface area contributed by atoms with Crippen LogP contribution in [0.5, 0.6) is 0 Å². The normalized spacial score (nSPS) is 16.3. The van der Waals surface area contributed by atoms with Crippen molar-refractivity contribution < 1.29 is 14.3 Å². The van der Waals surface area contributed by atoms with Gasteiger partial charge in [-0.25, -0.2) is 4.79 Å². The summed E-state index contributed by atoms with van der Waals surface area (Å²) in [7, 11) is 0. The molecule has 158 valence electrons. The molecule has 1 amide bonds. The lowest BCUT2D eigenvalue weighted by Gasteiger charge is -2.32. The number of nitrogens with one attached hydrogen (secondary N) is 1. The van der Waals surface area contributed by atoms with E-state index in [9.17, 15) is 14.9 Å². The van der Waals surface area contributed by atoms with Crippen LogP contribution in [0.1, 0.15) is 66.3 Å². The molecule has 0 radical (unpaired) electrons. The Balaban J connectivity index is 1.67. The van der Waals surface area contributed by atoms with Gasteiger partial charge in [0.1, 0.15) is 5.54 Å². The molecule has 0 bridgehead atoms. The second kappa shape index (κ2) is 9.17. The van der Waals surface area contributed by atoms with Gasteiger partial charge in [-0.3, -0.25) is 4.79 Å². The summed E-state index contributed by atoms with van der Waals surface area (Å²) in [6.45, 7) is 6.03. The molecule has 1 heterocycles. The van der Waals surface area contributed by atoms with E-state index in [0.717, 1.165) is 36.2 Å². The molecular weight excluding hydrogens is 378 g/mol. The molecule has 30 heavy (non-hydrogen) atoms. The molecule has 1 fully saturated rings. The van der Waals surface area contributed by atoms with E-state index in [4.69, 9.17) is 4.74 Å². The molecule has 1 aromatic carbocycles. The number of ether oxygens (including phenoxy) is 1. The molecule has 1 N–H and O–H groups in total. The molecule has 1 aliphatic carbocycles. The molecule has 6 nitrogen and oxygen atoms in total. The maximum absolute atomic E-state index is 12.8. The number of aryl methyl sites for hydroxylation is 1. The number of aromatic nitrogens is 1. The van der Waals surface area contributed by atoms with E-state index in [2.05, 4.69) is 16.0 Å². The first kappa shape index (κ1) is 21.6. The number of rotatable bonds is 6. The van der Waals surface area contributed by atoms with Gasteiger partial charge in [-0.1, -0.05) is 49.6 Å². The number of hydrogen-bond donors (Lipinski definition) is 1. The third-order valence-corrected chi connectivity index (χ3v) is 5.91. The van der Waals surface area contributed by atoms with Crippen LogP contribution in [0.3, 0.4) is 0 Å². The van der Waals surface area contributed by atoms with E-state index in [-0.39, 0.29) is 0 Å². The Morgan fingerprint density at radius 3 is 2.50 bits per heavy atom. The highest BCUT2D eigenvalue weighted by Gasteiger charge is 2.35. The van der Waals surface area contributed by atoms with Crippen LogP contribution in [0.25, 0.3) is 0 Å². The lowest BCUT2D eigenvalue weighted by molar-refractivity contribution is -0.130. The summed E-state index contributed by atoms with van der Waals surface area (Å²) >= 11 is 0. The first-order valence-electron chi connectivity index (χ1n) is 10.5. The molecule has 0 saturated heterocycles. The van der Waals surface area contributed by atoms with E-state index < -0.39 is 23.5 Å². The molecule has 1 aliphatic rings. The van der Waals surface area contributed by atoms with E-state index in [0.29, 0.717) is 24.9 Å². The fraction of sp³-hybridized carbons (Fsp3) is 0.458. The van der Waals surface area contributed by atoms with Gasteiger partial charge in [0.05, 0.1) is 11.6 Å². The predicted octanol–water partition coefficient (Wildman–Crippen LogP) is 4.04. The molecule has 1 aromatic heterocycles. The van der Waals surface area contributed by atoms with Gasteiger partial charge in [0.15, 0.2) is 6.10 Å². The summed E-state index contributed by atoms with van der Waals surface area (Å²) in [4.78, 5) is 25.4. The van der Waals surface area contributed by atoms with E-state index in [1.54, 1.807) is 13.0 Å². The first-order chi connectivity index (χ1) is 14.3. The van der Waals surface area contributed by atoms with Crippen LogP contribution in [0.4, 0.5) is 0 Å². The zero-order chi connectivity index (χ0) is 21.7. The Morgan fingerprint density at radius 1 is 1.20 bits per heavy atom. The van der Waals surface area contributed by atoms with Crippen molar-refractivity contribution in [1.82, 2.24) is 9.88 Å². The maximum Gasteiger partial charge on any atom is 0.340 e. The Kier molecular flexibility index (Phi) is 6.61. The highest BCUT2D eigenvalue weighted by molar-refractivity contribution is 5.93. The van der Waals surface area contributed by atoms with Gasteiger partial charge in [-0.05, 0) is 45.2 Å². The third-order valence-electron chi connectivity index (χ3n) is 5.91. The Morgan fingerprint density at radius 2 is 1.87 bits per heavy atom. The summed E-state index contributed by atoms with van der Waals surface area (Å²) in [5.41, 5.74) is 2.50. The average molecular weight is 408 g/mol. The lowest BCUT2D eigenvalue weighted by Crippen LogP contribution is -2.52. The molecule has 0 unspecified atom stereocenters. The van der Waals surface area contributed by atoms with Gasteiger partial charge in [-0.15, -0.1) is 0 Å². The van der Waals surface area contributed by atoms with Crippen molar-refractivity contribution in [2.75, 3.05) is 0 Å². The minimum Gasteiger partial charge on any atom is -0.449 e. The molecule has 0 aliphatic heterocycles. The number of carbonyl (C=O) groups is 2. The quantitative estimate of drug-likeness (QED) is 0.733. The molecule has 6 heteroatoms. The van der Waals surface area contributed by atoms with Crippen molar-refractivity contribution in [2.45, 2.75) is 71.1 Å². The standard InChI is InChI=1S/C24H29N3O3/c1-17-14-21(18(2)27(17)15-20-10-6-4-7-11-20)23(29)30-19(3)22(28)26-24(16-25)12-8-5-9-13-24/h4,6-7,10-11,14,19H,5,8-9,12-13,15H2,1-3H3,(H,26,28)/t19-/m1/s1. The number of carbonyl (C=O) groups excluding carboxylic acids is 2. The topological polar surface area (TPSA) is 84.1 Å². The summed E-state index contributed by atoms with van der Waals surface area (Å²) in [5, 5.41) is 12.4. The van der Waals surface area contributed by atoms with Gasteiger partial charge < -0.3 is 14.6 Å². The highest BCUT2D eigenvalue weighted by atomic mass is 16.5. The van der Waals surface area contributed by atoms with Crippen LogP contribution in [-0.2, 0) is 16.1 Å². The summed E-state index contributed by atoms with van der Waals surface area (Å²) < 4.78 is 7.51. The van der Waals surface area contributed by atoms with Crippen molar-refractivity contribution in [3.8, 4) is 6.07 Å². The Bertz CT molecular complexity index is 950. The van der Waals surface area contributed by atoms with Gasteiger partial charge in [0.2, 0.25) is 0 Å². The van der Waals surface area contributed by atoms with E-state index in [1.165, 1.54) is 0 Å². The Hall–Kier alpha value is -3.07. The van der Waals surface area contributed by atoms with Gasteiger partial charge >= 0.3 is 5.97 Å². The van der Waals surface area contributed by atoms with Crippen LogP contribution >= 0.6 is 0 Å². The van der Waals surface area contributed by atoms with E-state index in [1.807, 2.05) is 44.2 Å². The van der Waals surface area contributed by atoms with E-state index >= 15 is 0 Å². The van der Waals surface area contributed by atoms with Crippen LogP contribution in [-0.4, -0.2) is 28.1 Å². The van der Waals surface area contributed by atoms with Crippen molar-refractivity contribution >= 4 is 11.9 Å². The number of nitrogens with zero attached hydrogens (tertiary/aromatic N) is 2. The fourth-order valence-corrected chi connectivity index (χ4v) is 4.05. The second-order valence-electron chi connectivity index (χ2n) is 8.15. The summed E-state index contributed by atoms with van der Waals surface area (Å²) in [6.07, 6.45) is 3.20. The zero-order valence-corrected chi connectivity index (χ0v) is 17.9.